The minimum atomic E-state index is -0.0677. The van der Waals surface area contributed by atoms with Crippen LogP contribution in [0.25, 0.3) is 0 Å². The van der Waals surface area contributed by atoms with Gasteiger partial charge in [0.1, 0.15) is 0 Å². The van der Waals surface area contributed by atoms with Gasteiger partial charge in [0.05, 0.1) is 0 Å². The molecule has 0 radical (unpaired) electrons. The number of anilines is 1. The molecule has 0 saturated carbocycles. The van der Waals surface area contributed by atoms with Gasteiger partial charge in [-0.25, -0.2) is 0 Å². The number of carbonyl (C=O) groups is 2. The minimum Gasteiger partial charge on any atom is -0.385 e. The van der Waals surface area contributed by atoms with Crippen molar-refractivity contribution in [1.82, 2.24) is 0 Å². The van der Waals surface area contributed by atoms with Crippen molar-refractivity contribution in [3.63, 3.8) is 0 Å². The molecule has 1 unspecified atom stereocenters. The zero-order valence-electron chi connectivity index (χ0n) is 16.1. The Labute approximate surface area is 152 Å². The third kappa shape index (κ3) is 7.39. The van der Waals surface area contributed by atoms with Gasteiger partial charge < -0.3 is 11.1 Å². The number of Topliss-reactive ketones (excluding diaryl/α,β-unsaturated/α-hetero) is 2. The second-order valence-corrected chi connectivity index (χ2v) is 6.83. The summed E-state index contributed by atoms with van der Waals surface area (Å²) in [5.41, 5.74) is 7.48. The number of nitrogens with one attached hydrogen (secondary N) is 1. The van der Waals surface area contributed by atoms with E-state index in [1.807, 2.05) is 26.0 Å². The fourth-order valence-electron chi connectivity index (χ4n) is 2.83. The summed E-state index contributed by atoms with van der Waals surface area (Å²) in [6.45, 7) is 7.09. The lowest BCUT2D eigenvalue weighted by molar-refractivity contribution is 0.0916. The normalized spacial score (nSPS) is 12.0. The van der Waals surface area contributed by atoms with Gasteiger partial charge in [0.2, 0.25) is 0 Å². The standard InChI is InChI=1S/C21H34N2O2/c1-4-16(2)21(25)20-15-18(11-12-19(20)17(3)24)23-14-10-8-6-5-7-9-13-22/h11-12,15-16,23H,4-10,13-14,22H2,1-3H3. The van der Waals surface area contributed by atoms with Crippen molar-refractivity contribution >= 4 is 17.3 Å². The lowest BCUT2D eigenvalue weighted by Crippen LogP contribution is -2.15. The summed E-state index contributed by atoms with van der Waals surface area (Å²) in [7, 11) is 0. The molecule has 1 rings (SSSR count). The number of rotatable bonds is 13. The maximum Gasteiger partial charge on any atom is 0.166 e. The molecule has 0 bridgehead atoms. The van der Waals surface area contributed by atoms with Crippen molar-refractivity contribution in [3.8, 4) is 0 Å². The summed E-state index contributed by atoms with van der Waals surface area (Å²) < 4.78 is 0. The molecule has 1 atom stereocenters. The topological polar surface area (TPSA) is 72.2 Å². The van der Waals surface area contributed by atoms with Crippen molar-refractivity contribution in [2.24, 2.45) is 11.7 Å². The van der Waals surface area contributed by atoms with E-state index >= 15 is 0 Å². The SMILES string of the molecule is CCC(C)C(=O)c1cc(NCCCCCCCCN)ccc1C(C)=O. The van der Waals surface area contributed by atoms with Crippen LogP contribution in [0, 0.1) is 5.92 Å². The highest BCUT2D eigenvalue weighted by Gasteiger charge is 2.19. The largest absolute Gasteiger partial charge is 0.385 e. The third-order valence-corrected chi connectivity index (χ3v) is 4.68. The molecule has 0 amide bonds. The Hall–Kier alpha value is -1.68. The third-order valence-electron chi connectivity index (χ3n) is 4.68. The molecule has 140 valence electrons. The number of nitrogens with two attached hydrogens (primary N) is 1. The number of carbonyl (C=O) groups excluding carboxylic acids is 2. The van der Waals surface area contributed by atoms with Crippen LogP contribution in [0.1, 0.15) is 86.4 Å². The lowest BCUT2D eigenvalue weighted by Gasteiger charge is -2.14. The van der Waals surface area contributed by atoms with Gasteiger partial charge in [-0.2, -0.15) is 0 Å². The smallest absolute Gasteiger partial charge is 0.166 e. The van der Waals surface area contributed by atoms with Crippen molar-refractivity contribution in [3.05, 3.63) is 29.3 Å². The Bertz CT molecular complexity index is 555. The Morgan fingerprint density at radius 3 is 2.28 bits per heavy atom. The average molecular weight is 347 g/mol. The monoisotopic (exact) mass is 346 g/mol. The molecule has 25 heavy (non-hydrogen) atoms. The number of hydrogen-bond acceptors (Lipinski definition) is 4. The second-order valence-electron chi connectivity index (χ2n) is 6.83. The molecule has 0 aromatic heterocycles. The highest BCUT2D eigenvalue weighted by molar-refractivity contribution is 6.09. The molecule has 1 aromatic carbocycles. The van der Waals surface area contributed by atoms with E-state index in [1.165, 1.54) is 32.6 Å². The Morgan fingerprint density at radius 2 is 1.68 bits per heavy atom. The van der Waals surface area contributed by atoms with E-state index in [4.69, 9.17) is 5.73 Å². The zero-order chi connectivity index (χ0) is 18.7. The first-order valence-electron chi connectivity index (χ1n) is 9.64. The summed E-state index contributed by atoms with van der Waals surface area (Å²) in [6, 6.07) is 5.50. The first-order valence-corrected chi connectivity index (χ1v) is 9.64. The van der Waals surface area contributed by atoms with Crippen LogP contribution in [0.4, 0.5) is 5.69 Å². The molecule has 0 saturated heterocycles. The molecular weight excluding hydrogens is 312 g/mol. The molecular formula is C21H34N2O2. The summed E-state index contributed by atoms with van der Waals surface area (Å²) in [4.78, 5) is 24.4. The van der Waals surface area contributed by atoms with Crippen LogP contribution >= 0.6 is 0 Å². The minimum absolute atomic E-state index is 0.0521. The maximum absolute atomic E-state index is 12.6. The van der Waals surface area contributed by atoms with Crippen molar-refractivity contribution in [2.45, 2.75) is 65.7 Å². The number of unbranched alkanes of at least 4 members (excludes halogenated alkanes) is 5. The first kappa shape index (κ1) is 21.4. The summed E-state index contributed by atoms with van der Waals surface area (Å²) in [5.74, 6) is -0.0752. The van der Waals surface area contributed by atoms with E-state index in [1.54, 1.807) is 6.07 Å². The quantitative estimate of drug-likeness (QED) is 0.396. The van der Waals surface area contributed by atoms with Gasteiger partial charge in [-0.15, -0.1) is 0 Å². The van der Waals surface area contributed by atoms with Gasteiger partial charge in [-0.05, 0) is 50.9 Å². The van der Waals surface area contributed by atoms with Gasteiger partial charge in [-0.1, -0.05) is 39.5 Å². The zero-order valence-corrected chi connectivity index (χ0v) is 16.1. The fraction of sp³-hybridized carbons (Fsp3) is 0.619. The predicted octanol–water partition coefficient (Wildman–Crippen LogP) is 4.83. The first-order chi connectivity index (χ1) is 12.0. The molecule has 0 fully saturated rings. The number of benzene rings is 1. The van der Waals surface area contributed by atoms with Gasteiger partial charge in [0.15, 0.2) is 11.6 Å². The van der Waals surface area contributed by atoms with Crippen molar-refractivity contribution in [1.29, 1.82) is 0 Å². The molecule has 0 spiro atoms. The summed E-state index contributed by atoms with van der Waals surface area (Å²) in [5, 5.41) is 3.38. The van der Waals surface area contributed by atoms with Crippen LogP contribution in [-0.2, 0) is 0 Å². The van der Waals surface area contributed by atoms with Crippen molar-refractivity contribution < 1.29 is 9.59 Å². The van der Waals surface area contributed by atoms with Gasteiger partial charge in [0, 0.05) is 29.3 Å². The fourth-order valence-corrected chi connectivity index (χ4v) is 2.83. The van der Waals surface area contributed by atoms with Crippen LogP contribution in [0.2, 0.25) is 0 Å². The van der Waals surface area contributed by atoms with Crippen molar-refractivity contribution in [2.75, 3.05) is 18.4 Å². The summed E-state index contributed by atoms with van der Waals surface area (Å²) in [6.07, 6.45) is 7.90. The maximum atomic E-state index is 12.6. The Balaban J connectivity index is 2.58. The van der Waals surface area contributed by atoms with E-state index in [0.29, 0.717) is 11.1 Å². The highest BCUT2D eigenvalue weighted by Crippen LogP contribution is 2.21. The molecule has 4 heteroatoms. The second kappa shape index (κ2) is 11.8. The van der Waals surface area contributed by atoms with Crippen LogP contribution in [0.3, 0.4) is 0 Å². The lowest BCUT2D eigenvalue weighted by atomic mass is 9.92. The van der Waals surface area contributed by atoms with Crippen LogP contribution < -0.4 is 11.1 Å². The van der Waals surface area contributed by atoms with E-state index in [2.05, 4.69) is 5.32 Å². The van der Waals surface area contributed by atoms with Crippen LogP contribution in [-0.4, -0.2) is 24.7 Å². The van der Waals surface area contributed by atoms with Crippen LogP contribution in [0.15, 0.2) is 18.2 Å². The predicted molar refractivity (Wildman–Crippen MR) is 105 cm³/mol. The van der Waals surface area contributed by atoms with Crippen LogP contribution in [0.5, 0.6) is 0 Å². The molecule has 3 N–H and O–H groups in total. The molecule has 0 aliphatic heterocycles. The van der Waals surface area contributed by atoms with E-state index in [9.17, 15) is 9.59 Å². The molecule has 4 nitrogen and oxygen atoms in total. The van der Waals surface area contributed by atoms with E-state index < -0.39 is 0 Å². The van der Waals surface area contributed by atoms with Gasteiger partial charge in [-0.3, -0.25) is 9.59 Å². The Morgan fingerprint density at radius 1 is 1.04 bits per heavy atom. The van der Waals surface area contributed by atoms with E-state index in [0.717, 1.165) is 38.0 Å². The average Bonchev–Trinajstić information content (AvgIpc) is 2.62. The van der Waals surface area contributed by atoms with Gasteiger partial charge >= 0.3 is 0 Å². The summed E-state index contributed by atoms with van der Waals surface area (Å²) >= 11 is 0. The Kier molecular flexibility index (Phi) is 10.1. The number of hydrogen-bond donors (Lipinski definition) is 2. The number of ketones is 2. The van der Waals surface area contributed by atoms with E-state index in [-0.39, 0.29) is 17.5 Å². The molecule has 0 heterocycles. The molecule has 1 aromatic rings. The highest BCUT2D eigenvalue weighted by atomic mass is 16.1. The molecule has 0 aliphatic rings. The molecule has 0 aliphatic carbocycles. The van der Waals surface area contributed by atoms with Gasteiger partial charge in [0.25, 0.3) is 0 Å².